The maximum atomic E-state index is 11.6. The zero-order valence-electron chi connectivity index (χ0n) is 10.4. The number of ether oxygens (including phenoxy) is 1. The van der Waals surface area contributed by atoms with Crippen molar-refractivity contribution in [3.05, 3.63) is 29.0 Å². The minimum atomic E-state index is -0.0419. The van der Waals surface area contributed by atoms with Crippen molar-refractivity contribution < 1.29 is 9.53 Å². The molecule has 1 aromatic heterocycles. The lowest BCUT2D eigenvalue weighted by atomic mass is 10.3. The molecule has 2 aromatic rings. The van der Waals surface area contributed by atoms with E-state index in [0.717, 1.165) is 17.5 Å². The third-order valence-electron chi connectivity index (χ3n) is 2.76. The highest BCUT2D eigenvalue weighted by atomic mass is 35.5. The lowest BCUT2D eigenvalue weighted by molar-refractivity contribution is 0.0999. The Hall–Kier alpha value is -1.39. The van der Waals surface area contributed by atoms with Gasteiger partial charge in [0.15, 0.2) is 11.6 Å². The summed E-state index contributed by atoms with van der Waals surface area (Å²) in [5.41, 5.74) is 1.69. The highest BCUT2D eigenvalue weighted by molar-refractivity contribution is 6.31. The van der Waals surface area contributed by atoms with Crippen molar-refractivity contribution in [3.63, 3.8) is 0 Å². The number of methoxy groups -OCH3 is 1. The standard InChI is InChI=1S/C13H15ClN2O2/c1-9(17)13-15-11-5-4-10(14)8-12(11)16(13)6-3-7-18-2/h4-5,8H,3,6-7H2,1-2H3. The molecule has 18 heavy (non-hydrogen) atoms. The number of benzene rings is 1. The van der Waals surface area contributed by atoms with Gasteiger partial charge in [0, 0.05) is 32.2 Å². The minimum Gasteiger partial charge on any atom is -0.385 e. The average molecular weight is 267 g/mol. The van der Waals surface area contributed by atoms with Crippen LogP contribution in [0.15, 0.2) is 18.2 Å². The van der Waals surface area contributed by atoms with Crippen LogP contribution < -0.4 is 0 Å². The minimum absolute atomic E-state index is 0.0419. The van der Waals surface area contributed by atoms with Gasteiger partial charge in [-0.3, -0.25) is 4.79 Å². The van der Waals surface area contributed by atoms with Crippen LogP contribution in [0.2, 0.25) is 5.02 Å². The number of aromatic nitrogens is 2. The summed E-state index contributed by atoms with van der Waals surface area (Å²) in [6, 6.07) is 5.44. The summed E-state index contributed by atoms with van der Waals surface area (Å²) in [5.74, 6) is 0.433. The average Bonchev–Trinajstić information content (AvgIpc) is 2.68. The van der Waals surface area contributed by atoms with Gasteiger partial charge in [0.1, 0.15) is 0 Å². The SMILES string of the molecule is COCCCn1c(C(C)=O)nc2ccc(Cl)cc21. The number of carbonyl (C=O) groups is 1. The normalized spacial score (nSPS) is 11.1. The van der Waals surface area contributed by atoms with Crippen LogP contribution in [0.25, 0.3) is 11.0 Å². The van der Waals surface area contributed by atoms with E-state index in [-0.39, 0.29) is 5.78 Å². The summed E-state index contributed by atoms with van der Waals surface area (Å²) in [4.78, 5) is 16.0. The van der Waals surface area contributed by atoms with Crippen LogP contribution in [0.1, 0.15) is 24.0 Å². The molecular weight excluding hydrogens is 252 g/mol. The van der Waals surface area contributed by atoms with Gasteiger partial charge in [-0.25, -0.2) is 4.98 Å². The summed E-state index contributed by atoms with van der Waals surface area (Å²) in [5, 5.41) is 0.644. The third-order valence-corrected chi connectivity index (χ3v) is 2.99. The second-order valence-electron chi connectivity index (χ2n) is 4.12. The van der Waals surface area contributed by atoms with Crippen molar-refractivity contribution in [2.45, 2.75) is 19.9 Å². The molecule has 0 aliphatic carbocycles. The molecule has 0 atom stereocenters. The van der Waals surface area contributed by atoms with Crippen LogP contribution in [0, 0.1) is 0 Å². The Labute approximate surface area is 111 Å². The smallest absolute Gasteiger partial charge is 0.195 e. The van der Waals surface area contributed by atoms with Crippen molar-refractivity contribution in [1.82, 2.24) is 9.55 Å². The number of carbonyl (C=O) groups excluding carboxylic acids is 1. The van der Waals surface area contributed by atoms with Gasteiger partial charge in [0.2, 0.25) is 0 Å². The number of hydrogen-bond donors (Lipinski definition) is 0. The molecule has 96 valence electrons. The number of Topliss-reactive ketones (excluding diaryl/α,β-unsaturated/α-hetero) is 1. The number of ketones is 1. The zero-order chi connectivity index (χ0) is 13.1. The molecular formula is C13H15ClN2O2. The fourth-order valence-corrected chi connectivity index (χ4v) is 2.12. The second-order valence-corrected chi connectivity index (χ2v) is 4.56. The fourth-order valence-electron chi connectivity index (χ4n) is 1.96. The molecule has 0 N–H and O–H groups in total. The molecule has 0 saturated carbocycles. The van der Waals surface area contributed by atoms with E-state index >= 15 is 0 Å². The molecule has 2 rings (SSSR count). The topological polar surface area (TPSA) is 44.1 Å². The van der Waals surface area contributed by atoms with E-state index in [1.165, 1.54) is 6.92 Å². The predicted octanol–water partition coefficient (Wildman–Crippen LogP) is 2.93. The first-order chi connectivity index (χ1) is 8.63. The largest absolute Gasteiger partial charge is 0.385 e. The van der Waals surface area contributed by atoms with E-state index < -0.39 is 0 Å². The van der Waals surface area contributed by atoms with Crippen LogP contribution in [0.3, 0.4) is 0 Å². The quantitative estimate of drug-likeness (QED) is 0.617. The van der Waals surface area contributed by atoms with Crippen molar-refractivity contribution in [2.24, 2.45) is 0 Å². The Balaban J connectivity index is 2.47. The van der Waals surface area contributed by atoms with Gasteiger partial charge >= 0.3 is 0 Å². The Bertz CT molecular complexity index is 578. The molecule has 4 nitrogen and oxygen atoms in total. The fraction of sp³-hybridized carbons (Fsp3) is 0.385. The van der Waals surface area contributed by atoms with Gasteiger partial charge in [-0.1, -0.05) is 11.6 Å². The van der Waals surface area contributed by atoms with Gasteiger partial charge < -0.3 is 9.30 Å². The molecule has 1 heterocycles. The molecule has 0 fully saturated rings. The Morgan fingerprint density at radius 2 is 2.28 bits per heavy atom. The van der Waals surface area contributed by atoms with Crippen LogP contribution >= 0.6 is 11.6 Å². The number of rotatable bonds is 5. The summed E-state index contributed by atoms with van der Waals surface area (Å²) in [7, 11) is 1.66. The number of aryl methyl sites for hydroxylation is 1. The number of imidazole rings is 1. The molecule has 0 radical (unpaired) electrons. The third kappa shape index (κ3) is 2.54. The number of halogens is 1. The van der Waals surface area contributed by atoms with Gasteiger partial charge in [0.05, 0.1) is 11.0 Å². The Kier molecular flexibility index (Phi) is 3.99. The van der Waals surface area contributed by atoms with Crippen molar-refractivity contribution >= 4 is 28.4 Å². The van der Waals surface area contributed by atoms with Gasteiger partial charge in [-0.15, -0.1) is 0 Å². The molecule has 0 amide bonds. The first-order valence-corrected chi connectivity index (χ1v) is 6.17. The predicted molar refractivity (Wildman–Crippen MR) is 71.2 cm³/mol. The molecule has 0 aliphatic rings. The lowest BCUT2D eigenvalue weighted by Gasteiger charge is -2.07. The van der Waals surface area contributed by atoms with Gasteiger partial charge in [0.25, 0.3) is 0 Å². The second kappa shape index (κ2) is 5.50. The molecule has 0 aliphatic heterocycles. The van der Waals surface area contributed by atoms with E-state index in [0.29, 0.717) is 24.0 Å². The Morgan fingerprint density at radius 1 is 1.50 bits per heavy atom. The van der Waals surface area contributed by atoms with Gasteiger partial charge in [-0.2, -0.15) is 0 Å². The summed E-state index contributed by atoms with van der Waals surface area (Å²) >= 11 is 5.99. The molecule has 0 unspecified atom stereocenters. The highest BCUT2D eigenvalue weighted by Crippen LogP contribution is 2.21. The first kappa shape index (κ1) is 13.1. The summed E-state index contributed by atoms with van der Waals surface area (Å²) < 4.78 is 6.94. The molecule has 0 spiro atoms. The highest BCUT2D eigenvalue weighted by Gasteiger charge is 2.14. The lowest BCUT2D eigenvalue weighted by Crippen LogP contribution is -2.09. The number of fused-ring (bicyclic) bond motifs is 1. The summed E-state index contributed by atoms with van der Waals surface area (Å²) in [6.07, 6.45) is 0.828. The van der Waals surface area contributed by atoms with E-state index in [2.05, 4.69) is 4.98 Å². The van der Waals surface area contributed by atoms with Crippen LogP contribution in [0.5, 0.6) is 0 Å². The maximum Gasteiger partial charge on any atom is 0.195 e. The van der Waals surface area contributed by atoms with Crippen LogP contribution in [0.4, 0.5) is 0 Å². The Morgan fingerprint density at radius 3 is 2.94 bits per heavy atom. The molecule has 0 bridgehead atoms. The van der Waals surface area contributed by atoms with E-state index in [9.17, 15) is 4.79 Å². The van der Waals surface area contributed by atoms with Crippen LogP contribution in [-0.2, 0) is 11.3 Å². The number of nitrogens with zero attached hydrogens (tertiary/aromatic N) is 2. The van der Waals surface area contributed by atoms with E-state index in [1.54, 1.807) is 13.2 Å². The van der Waals surface area contributed by atoms with Crippen LogP contribution in [-0.4, -0.2) is 29.1 Å². The molecule has 1 aromatic carbocycles. The van der Waals surface area contributed by atoms with Crippen molar-refractivity contribution in [1.29, 1.82) is 0 Å². The van der Waals surface area contributed by atoms with Gasteiger partial charge in [-0.05, 0) is 24.6 Å². The maximum absolute atomic E-state index is 11.6. The zero-order valence-corrected chi connectivity index (χ0v) is 11.2. The molecule has 0 saturated heterocycles. The molecule has 5 heteroatoms. The summed E-state index contributed by atoms with van der Waals surface area (Å²) in [6.45, 7) is 2.87. The monoisotopic (exact) mass is 266 g/mol. The van der Waals surface area contributed by atoms with E-state index in [4.69, 9.17) is 16.3 Å². The van der Waals surface area contributed by atoms with Crippen molar-refractivity contribution in [2.75, 3.05) is 13.7 Å². The van der Waals surface area contributed by atoms with Crippen molar-refractivity contribution in [3.8, 4) is 0 Å². The number of hydrogen-bond acceptors (Lipinski definition) is 3. The van der Waals surface area contributed by atoms with E-state index in [1.807, 2.05) is 16.7 Å². The first-order valence-electron chi connectivity index (χ1n) is 5.79.